The van der Waals surface area contributed by atoms with Gasteiger partial charge in [0.2, 0.25) is 5.91 Å². The molecular formula is C88H96N26O5S. The van der Waals surface area contributed by atoms with Crippen LogP contribution in [0.1, 0.15) is 192 Å². The van der Waals surface area contributed by atoms with E-state index in [9.17, 15) is 4.79 Å². The van der Waals surface area contributed by atoms with Crippen LogP contribution in [0.25, 0.3) is 93.4 Å². The molecule has 13 aromatic heterocycles. The Balaban J connectivity index is 0.000000110. The number of hydrogen-bond donors (Lipinski definition) is 7. The van der Waals surface area contributed by atoms with Gasteiger partial charge in [0.15, 0.2) is 0 Å². The predicted octanol–water partition coefficient (Wildman–Crippen LogP) is 15.0. The fourth-order valence-corrected chi connectivity index (χ4v) is 16.7. The second kappa shape index (κ2) is 30.9. The molecule has 4 fully saturated rings. The Morgan fingerprint density at radius 3 is 1.00 bits per heavy atom. The number of nitrogens with one attached hydrogen (secondary N) is 6. The van der Waals surface area contributed by atoms with Crippen LogP contribution in [-0.4, -0.2) is 153 Å². The Morgan fingerprint density at radius 2 is 0.700 bits per heavy atom. The van der Waals surface area contributed by atoms with Crippen molar-refractivity contribution >= 4 is 128 Å². The molecule has 1 amide bonds. The molecule has 614 valence electrons. The van der Waals surface area contributed by atoms with E-state index in [0.717, 1.165) is 185 Å². The number of nitrogen functional groups attached to an aromatic ring is 1. The maximum Gasteiger partial charge on any atom is 0.221 e. The van der Waals surface area contributed by atoms with Crippen molar-refractivity contribution in [2.24, 2.45) is 28.2 Å². The van der Waals surface area contributed by atoms with Crippen molar-refractivity contribution in [2.45, 2.75) is 156 Å². The van der Waals surface area contributed by atoms with Crippen molar-refractivity contribution in [3.63, 3.8) is 0 Å². The van der Waals surface area contributed by atoms with Gasteiger partial charge in [0, 0.05) is 150 Å². The predicted molar refractivity (Wildman–Crippen MR) is 468 cm³/mol. The van der Waals surface area contributed by atoms with Gasteiger partial charge in [0.05, 0.1) is 124 Å². The fourth-order valence-electron chi connectivity index (χ4n) is 16.6. The number of aryl methyl sites for hydroxylation is 10. The SMILES string of the molecule is COc1cc2c(cc1-n1c(C)nnc1C)[nH]c1nc(C)nc(Cc3cc(C4CC4)nn3C)c12.COc1cc2c(cc1N)[nH]c1nc(C)nc(Cc3cc(C4CC4)nn3C)c12.COc1cc2c(cc1NC(C)=O)[nH]c1nc(C)nc(Cc3cc(C4CC4)nn3C)c12.COc1cc2c(cc1NC(C)=S)[nH]c1nc(C)nc(Cc3cc(C4CC4)nn3C)c12. The molecular weight excluding hydrogens is 1530 g/mol. The molecule has 0 aliphatic heterocycles. The number of benzene rings is 4. The lowest BCUT2D eigenvalue weighted by Crippen LogP contribution is -2.07. The smallest absolute Gasteiger partial charge is 0.221 e. The number of aromatic amines is 4. The molecule has 4 aliphatic rings. The van der Waals surface area contributed by atoms with Gasteiger partial charge in [0.25, 0.3) is 0 Å². The van der Waals surface area contributed by atoms with Crippen molar-refractivity contribution in [1.82, 2.24) is 114 Å². The van der Waals surface area contributed by atoms with E-state index in [4.69, 9.17) is 77.1 Å². The van der Waals surface area contributed by atoms with Crippen molar-refractivity contribution in [3.05, 3.63) is 176 Å². The molecule has 17 aromatic rings. The van der Waals surface area contributed by atoms with Gasteiger partial charge in [0.1, 0.15) is 80.5 Å². The summed E-state index contributed by atoms with van der Waals surface area (Å²) in [5.41, 5.74) is 29.3. The topological polar surface area (TPSA) is 372 Å². The number of carbonyl (C=O) groups excluding carboxylic acids is 1. The van der Waals surface area contributed by atoms with Gasteiger partial charge in [-0.05, 0) is 173 Å². The third-order valence-electron chi connectivity index (χ3n) is 23.0. The van der Waals surface area contributed by atoms with Gasteiger partial charge in [-0.15, -0.1) is 10.2 Å². The summed E-state index contributed by atoms with van der Waals surface area (Å²) < 4.78 is 32.3. The number of methoxy groups -OCH3 is 4. The molecule has 31 nitrogen and oxygen atoms in total. The zero-order valence-corrected chi connectivity index (χ0v) is 71.1. The first kappa shape index (κ1) is 77.9. The molecule has 21 rings (SSSR count). The minimum Gasteiger partial charge on any atom is -0.495 e. The summed E-state index contributed by atoms with van der Waals surface area (Å²) in [4.78, 5) is 63.7. The van der Waals surface area contributed by atoms with Crippen molar-refractivity contribution in [1.29, 1.82) is 0 Å². The lowest BCUT2D eigenvalue weighted by molar-refractivity contribution is -0.114. The average Bonchev–Trinajstić information content (AvgIpc) is 1.60. The van der Waals surface area contributed by atoms with Crippen LogP contribution in [-0.2, 0) is 58.7 Å². The minimum absolute atomic E-state index is 0.150. The summed E-state index contributed by atoms with van der Waals surface area (Å²) in [5.74, 6) is 9.64. The van der Waals surface area contributed by atoms with Gasteiger partial charge in [-0.2, -0.15) is 20.4 Å². The lowest BCUT2D eigenvalue weighted by atomic mass is 10.1. The summed E-state index contributed by atoms with van der Waals surface area (Å²) in [6, 6.07) is 24.7. The van der Waals surface area contributed by atoms with Crippen LogP contribution in [0.3, 0.4) is 0 Å². The van der Waals surface area contributed by atoms with E-state index in [2.05, 4.69) is 97.2 Å². The number of ether oxygens (including phenoxy) is 4. The number of rotatable bonds is 19. The van der Waals surface area contributed by atoms with Crippen LogP contribution >= 0.6 is 12.2 Å². The molecule has 0 saturated heterocycles. The molecule has 0 unspecified atom stereocenters. The van der Waals surface area contributed by atoms with Crippen molar-refractivity contribution in [2.75, 3.05) is 44.8 Å². The number of nitrogens with zero attached hydrogens (tertiary/aromatic N) is 19. The number of thiocarbonyl (C=S) groups is 1. The number of hydrogen-bond acceptors (Lipinski definition) is 21. The number of amides is 1. The van der Waals surface area contributed by atoms with Gasteiger partial charge in [-0.1, -0.05) is 12.2 Å². The molecule has 4 aromatic carbocycles. The Bertz CT molecular complexity index is 6750. The van der Waals surface area contributed by atoms with E-state index in [1.807, 2.05) is 136 Å². The van der Waals surface area contributed by atoms with Crippen molar-refractivity contribution < 1.29 is 23.7 Å². The van der Waals surface area contributed by atoms with Crippen LogP contribution in [0.15, 0.2) is 72.8 Å². The zero-order valence-electron chi connectivity index (χ0n) is 70.2. The maximum atomic E-state index is 11.6. The normalized spacial score (nSPS) is 14.0. The summed E-state index contributed by atoms with van der Waals surface area (Å²) in [6.45, 7) is 14.9. The molecule has 0 radical (unpaired) electrons. The highest BCUT2D eigenvalue weighted by atomic mass is 32.1. The minimum atomic E-state index is -0.150. The Labute approximate surface area is 695 Å². The van der Waals surface area contributed by atoms with Gasteiger partial charge in [-0.25, -0.2) is 39.9 Å². The largest absolute Gasteiger partial charge is 0.495 e. The number of fused-ring (bicyclic) bond motifs is 12. The first-order valence-corrected chi connectivity index (χ1v) is 41.0. The van der Waals surface area contributed by atoms with Crippen LogP contribution in [0.4, 0.5) is 17.1 Å². The van der Waals surface area contributed by atoms with Crippen LogP contribution in [0.5, 0.6) is 23.0 Å². The Morgan fingerprint density at radius 1 is 0.408 bits per heavy atom. The van der Waals surface area contributed by atoms with Gasteiger partial charge < -0.3 is 55.3 Å². The molecule has 13 heterocycles. The summed E-state index contributed by atoms with van der Waals surface area (Å²) in [7, 11) is 14.6. The molecule has 8 N–H and O–H groups in total. The lowest BCUT2D eigenvalue weighted by Gasteiger charge is -2.12. The summed E-state index contributed by atoms with van der Waals surface area (Å²) in [5, 5.41) is 41.4. The number of aromatic nitrogens is 23. The summed E-state index contributed by atoms with van der Waals surface area (Å²) in [6.07, 6.45) is 12.7. The first-order chi connectivity index (χ1) is 57.8. The highest BCUT2D eigenvalue weighted by molar-refractivity contribution is 7.80. The third kappa shape index (κ3) is 15.3. The molecule has 120 heavy (non-hydrogen) atoms. The van der Waals surface area contributed by atoms with E-state index in [-0.39, 0.29) is 5.91 Å². The summed E-state index contributed by atoms with van der Waals surface area (Å²) >= 11 is 5.21. The number of anilines is 3. The number of carbonyl (C=O) groups is 1. The van der Waals surface area contributed by atoms with Gasteiger partial charge in [-0.3, -0.25) is 28.1 Å². The standard InChI is InChI=1S/C24H26N8O.C22H24N6O2.C22H24N6OS.C20H22N6O/c1-12-25-20(9-16-8-18(15-6-7-15)30-31(16)4)23-17-10-22(33-5)21(11-19(17)27-24(23)26-12)32-13(2)28-29-14(32)3;1-11-23-19(8-14-7-16(13-5-6-13)27-28(14)3)21-15-9-20(30-4)18(25-12(2)29)10-17(15)26-22(21)24-11;1-11-23-19(8-14-7-16(13-5-6-13)27-28(14)3)21-15-9-20(29-4)18(25-12(2)30)10-17(15)26-22(21)24-11;1-10-22-17(7-12-6-15(11-4-5-11)25-26(12)2)19-13-8-18(27-3)14(21)9-16(13)24-20(19)23-10/h8,10-11,15H,6-7,9H2,1-5H3,(H,25,26,27);7,9-10,13H,5-6,8H2,1-4H3,(H,25,29)(H,23,24,26);7,9-10,13H,5-6,8H2,1-4H3,(H,25,30)(H,23,24,26);6,8-9,11H,4-5,7,21H2,1-3H3,(H,22,23,24). The molecule has 0 spiro atoms. The van der Waals surface area contributed by atoms with Gasteiger partial charge >= 0.3 is 0 Å². The van der Waals surface area contributed by atoms with Crippen LogP contribution in [0.2, 0.25) is 0 Å². The van der Waals surface area contributed by atoms with E-state index in [1.165, 1.54) is 81.1 Å². The molecule has 0 bridgehead atoms. The fraction of sp³-hybridized carbons (Fsp3) is 0.364. The maximum absolute atomic E-state index is 11.6. The average molecular weight is 1630 g/mol. The quantitative estimate of drug-likeness (QED) is 0.0292. The van der Waals surface area contributed by atoms with Crippen LogP contribution < -0.4 is 35.3 Å². The van der Waals surface area contributed by atoms with Crippen LogP contribution in [0, 0.1) is 41.5 Å². The van der Waals surface area contributed by atoms with E-state index >= 15 is 0 Å². The van der Waals surface area contributed by atoms with E-state index in [0.29, 0.717) is 83.0 Å². The zero-order chi connectivity index (χ0) is 83.5. The number of nitrogens with two attached hydrogens (primary N) is 1. The molecule has 32 heteroatoms. The van der Waals surface area contributed by atoms with E-state index < -0.39 is 0 Å². The molecule has 4 saturated carbocycles. The monoisotopic (exact) mass is 1630 g/mol. The second-order valence-corrected chi connectivity index (χ2v) is 32.8. The second-order valence-electron chi connectivity index (χ2n) is 32.2. The highest BCUT2D eigenvalue weighted by Gasteiger charge is 2.32. The van der Waals surface area contributed by atoms with Crippen molar-refractivity contribution in [3.8, 4) is 28.7 Å². The molecule has 4 aliphatic carbocycles. The highest BCUT2D eigenvalue weighted by Crippen LogP contribution is 2.46. The van der Waals surface area contributed by atoms with E-state index in [1.54, 1.807) is 28.4 Å². The molecule has 0 atom stereocenters. The Hall–Kier alpha value is -13.3. The number of H-pyrrole nitrogens is 4. The first-order valence-electron chi connectivity index (χ1n) is 40.6. The Kier molecular flexibility index (Phi) is 20.1. The third-order valence-corrected chi connectivity index (χ3v) is 23.2.